The molecule has 1 saturated heterocycles. The summed E-state index contributed by atoms with van der Waals surface area (Å²) in [6.07, 6.45) is 1.05. The van der Waals surface area contributed by atoms with Crippen LogP contribution >= 0.6 is 22.7 Å². The lowest BCUT2D eigenvalue weighted by Crippen LogP contribution is -2.41. The zero-order valence-electron chi connectivity index (χ0n) is 14.1. The van der Waals surface area contributed by atoms with Gasteiger partial charge in [-0.1, -0.05) is 17.4 Å². The van der Waals surface area contributed by atoms with Crippen molar-refractivity contribution in [3.05, 3.63) is 38.6 Å². The summed E-state index contributed by atoms with van der Waals surface area (Å²) in [5, 5.41) is 16.7. The van der Waals surface area contributed by atoms with Crippen molar-refractivity contribution < 1.29 is 18.1 Å². The van der Waals surface area contributed by atoms with E-state index in [-0.39, 0.29) is 20.9 Å². The first kappa shape index (κ1) is 19.2. The van der Waals surface area contributed by atoms with Gasteiger partial charge < -0.3 is 10.1 Å². The van der Waals surface area contributed by atoms with Crippen LogP contribution in [0.25, 0.3) is 0 Å². The average molecular weight is 418 g/mol. The molecule has 1 N–H and O–H groups in total. The average Bonchev–Trinajstić information content (AvgIpc) is 3.25. The highest BCUT2D eigenvalue weighted by atomic mass is 32.2. The number of ether oxygens (including phenoxy) is 1. The van der Waals surface area contributed by atoms with Gasteiger partial charge in [-0.15, -0.1) is 11.3 Å². The number of rotatable bonds is 7. The van der Waals surface area contributed by atoms with E-state index in [1.807, 2.05) is 17.5 Å². The van der Waals surface area contributed by atoms with Crippen molar-refractivity contribution in [1.29, 1.82) is 0 Å². The fourth-order valence-electron chi connectivity index (χ4n) is 2.77. The highest BCUT2D eigenvalue weighted by molar-refractivity contribution is 7.92. The van der Waals surface area contributed by atoms with Gasteiger partial charge >= 0.3 is 5.69 Å². The van der Waals surface area contributed by atoms with Crippen LogP contribution in [0.1, 0.15) is 10.9 Å². The Hall–Kier alpha value is -1.53. The fraction of sp³-hybridized carbons (Fsp3) is 0.467. The maximum absolute atomic E-state index is 11.7. The van der Waals surface area contributed by atoms with E-state index in [9.17, 15) is 18.5 Å². The van der Waals surface area contributed by atoms with Crippen molar-refractivity contribution in [2.75, 3.05) is 44.4 Å². The van der Waals surface area contributed by atoms with Gasteiger partial charge in [-0.3, -0.25) is 15.0 Å². The molecule has 1 fully saturated rings. The normalized spacial score (nSPS) is 17.1. The van der Waals surface area contributed by atoms with Gasteiger partial charge in [0.25, 0.3) is 0 Å². The minimum absolute atomic E-state index is 0.00857. The van der Waals surface area contributed by atoms with Gasteiger partial charge in [0.15, 0.2) is 14.8 Å². The molecule has 2 aromatic rings. The number of nitro groups is 1. The maximum Gasteiger partial charge on any atom is 0.304 e. The topological polar surface area (TPSA) is 102 Å². The van der Waals surface area contributed by atoms with Crippen LogP contribution in [0.3, 0.4) is 0 Å². The molecule has 3 heterocycles. The minimum Gasteiger partial charge on any atom is -0.379 e. The molecule has 26 heavy (non-hydrogen) atoms. The Balaban J connectivity index is 1.82. The number of nitrogens with zero attached hydrogens (tertiary/aromatic N) is 2. The van der Waals surface area contributed by atoms with Crippen LogP contribution in [-0.4, -0.2) is 57.3 Å². The Morgan fingerprint density at radius 3 is 2.73 bits per heavy atom. The van der Waals surface area contributed by atoms with Gasteiger partial charge in [-0.2, -0.15) is 0 Å². The van der Waals surface area contributed by atoms with Crippen LogP contribution in [0, 0.1) is 10.1 Å². The Labute approximate surface area is 159 Å². The molecule has 1 unspecified atom stereocenters. The summed E-state index contributed by atoms with van der Waals surface area (Å²) in [5.74, 6) is 0. The van der Waals surface area contributed by atoms with E-state index in [0.717, 1.165) is 41.6 Å². The lowest BCUT2D eigenvalue weighted by atomic mass is 10.2. The molecule has 0 bridgehead atoms. The van der Waals surface area contributed by atoms with E-state index in [1.54, 1.807) is 11.3 Å². The van der Waals surface area contributed by atoms with Crippen LogP contribution < -0.4 is 5.32 Å². The Morgan fingerprint density at radius 1 is 1.42 bits per heavy atom. The van der Waals surface area contributed by atoms with Crippen molar-refractivity contribution >= 4 is 43.2 Å². The van der Waals surface area contributed by atoms with Crippen molar-refractivity contribution in [3.63, 3.8) is 0 Å². The quantitative estimate of drug-likeness (QED) is 0.546. The molecule has 0 aliphatic carbocycles. The van der Waals surface area contributed by atoms with E-state index in [4.69, 9.17) is 4.74 Å². The summed E-state index contributed by atoms with van der Waals surface area (Å²) in [5.41, 5.74) is -0.206. The third kappa shape index (κ3) is 4.41. The number of thiophene rings is 2. The summed E-state index contributed by atoms with van der Waals surface area (Å²) in [4.78, 5) is 14.2. The second kappa shape index (κ2) is 8.01. The SMILES string of the molecule is CS(=O)(=O)c1cc([N+](=O)[O-])c(NCC(c2cccs2)N2CCOCC2)s1. The van der Waals surface area contributed by atoms with Crippen LogP contribution in [0.15, 0.2) is 27.8 Å². The molecule has 142 valence electrons. The molecular weight excluding hydrogens is 398 g/mol. The van der Waals surface area contributed by atoms with E-state index in [0.29, 0.717) is 19.8 Å². The number of nitrogens with one attached hydrogen (secondary N) is 1. The maximum atomic E-state index is 11.7. The predicted molar refractivity (Wildman–Crippen MR) is 102 cm³/mol. The molecule has 0 spiro atoms. The highest BCUT2D eigenvalue weighted by Gasteiger charge is 2.27. The molecule has 0 radical (unpaired) electrons. The lowest BCUT2D eigenvalue weighted by molar-refractivity contribution is -0.383. The first-order chi connectivity index (χ1) is 12.4. The molecule has 11 heteroatoms. The fourth-order valence-corrected chi connectivity index (χ4v) is 5.58. The van der Waals surface area contributed by atoms with Crippen molar-refractivity contribution in [1.82, 2.24) is 4.90 Å². The molecule has 0 saturated carbocycles. The summed E-state index contributed by atoms with van der Waals surface area (Å²) >= 11 is 2.53. The summed E-state index contributed by atoms with van der Waals surface area (Å²) < 4.78 is 28.9. The smallest absolute Gasteiger partial charge is 0.304 e. The van der Waals surface area contributed by atoms with E-state index < -0.39 is 14.8 Å². The van der Waals surface area contributed by atoms with Crippen LogP contribution in [-0.2, 0) is 14.6 Å². The Morgan fingerprint density at radius 2 is 2.15 bits per heavy atom. The van der Waals surface area contributed by atoms with Crippen molar-refractivity contribution in [2.45, 2.75) is 10.3 Å². The first-order valence-corrected chi connectivity index (χ1v) is 11.5. The second-order valence-corrected chi connectivity index (χ2v) is 10.1. The molecule has 1 atom stereocenters. The first-order valence-electron chi connectivity index (χ1n) is 7.93. The number of sulfone groups is 1. The number of hydrogen-bond donors (Lipinski definition) is 1. The Kier molecular flexibility index (Phi) is 5.92. The van der Waals surface area contributed by atoms with E-state index >= 15 is 0 Å². The number of anilines is 1. The minimum atomic E-state index is -3.49. The third-order valence-corrected chi connectivity index (χ3v) is 7.92. The molecule has 1 aliphatic rings. The van der Waals surface area contributed by atoms with E-state index in [2.05, 4.69) is 10.2 Å². The summed E-state index contributed by atoms with van der Waals surface area (Å²) in [6, 6.07) is 5.18. The highest BCUT2D eigenvalue weighted by Crippen LogP contribution is 2.38. The Bertz CT molecular complexity index is 857. The molecule has 3 rings (SSSR count). The van der Waals surface area contributed by atoms with Crippen LogP contribution in [0.5, 0.6) is 0 Å². The number of morpholine rings is 1. The molecule has 0 aromatic carbocycles. The van der Waals surface area contributed by atoms with Crippen molar-refractivity contribution in [3.8, 4) is 0 Å². The monoisotopic (exact) mass is 417 g/mol. The van der Waals surface area contributed by atoms with Gasteiger partial charge in [0.05, 0.1) is 24.2 Å². The zero-order chi connectivity index (χ0) is 18.7. The number of hydrogen-bond acceptors (Lipinski definition) is 9. The van der Waals surface area contributed by atoms with Gasteiger partial charge in [0.2, 0.25) is 0 Å². The molecule has 8 nitrogen and oxygen atoms in total. The second-order valence-electron chi connectivity index (χ2n) is 5.87. The standard InChI is InChI=1S/C15H19N3O5S3/c1-26(21,22)14-9-11(18(19)20)15(25-14)16-10-12(13-3-2-8-24-13)17-4-6-23-7-5-17/h2-3,8-9,12,16H,4-7,10H2,1H3. The van der Waals surface area contributed by atoms with E-state index in [1.165, 1.54) is 0 Å². The van der Waals surface area contributed by atoms with Gasteiger partial charge in [-0.05, 0) is 11.4 Å². The van der Waals surface area contributed by atoms with Crippen molar-refractivity contribution in [2.24, 2.45) is 0 Å². The van der Waals surface area contributed by atoms with Gasteiger partial charge in [-0.25, -0.2) is 8.42 Å². The third-order valence-electron chi connectivity index (χ3n) is 4.07. The van der Waals surface area contributed by atoms with Crippen LogP contribution in [0.4, 0.5) is 10.7 Å². The molecule has 1 aliphatic heterocycles. The lowest BCUT2D eigenvalue weighted by Gasteiger charge is -2.34. The van der Waals surface area contributed by atoms with Gasteiger partial charge in [0.1, 0.15) is 4.21 Å². The summed E-state index contributed by atoms with van der Waals surface area (Å²) in [6.45, 7) is 3.32. The largest absolute Gasteiger partial charge is 0.379 e. The van der Waals surface area contributed by atoms with Gasteiger partial charge in [0, 0.05) is 36.8 Å². The van der Waals surface area contributed by atoms with Crippen LogP contribution in [0.2, 0.25) is 0 Å². The molecular formula is C15H19N3O5S3. The molecule has 2 aromatic heterocycles. The predicted octanol–water partition coefficient (Wildman–Crippen LogP) is 2.61. The zero-order valence-corrected chi connectivity index (χ0v) is 16.5. The molecule has 0 amide bonds. The summed E-state index contributed by atoms with van der Waals surface area (Å²) in [7, 11) is -3.49.